The van der Waals surface area contributed by atoms with Crippen molar-refractivity contribution in [2.75, 3.05) is 0 Å². The topological polar surface area (TPSA) is 91.3 Å². The Bertz CT molecular complexity index is 498. The molecule has 1 heterocycles. The van der Waals surface area contributed by atoms with Gasteiger partial charge in [-0.15, -0.1) is 0 Å². The van der Waals surface area contributed by atoms with Gasteiger partial charge in [-0.25, -0.2) is 9.59 Å². The predicted octanol–water partition coefficient (Wildman–Crippen LogP) is 1.52. The highest BCUT2D eigenvalue weighted by molar-refractivity contribution is 5.87. The van der Waals surface area contributed by atoms with E-state index in [2.05, 4.69) is 15.6 Å². The van der Waals surface area contributed by atoms with Crippen LogP contribution in [0, 0.1) is 0 Å². The molecule has 0 spiro atoms. The number of hydrogen-bond donors (Lipinski definition) is 3. The van der Waals surface area contributed by atoms with Crippen molar-refractivity contribution in [1.29, 1.82) is 0 Å². The minimum Gasteiger partial charge on any atom is -0.478 e. The van der Waals surface area contributed by atoms with E-state index in [1.807, 2.05) is 6.92 Å². The molecule has 6 heteroatoms. The second-order valence-corrected chi connectivity index (χ2v) is 5.06. The first-order chi connectivity index (χ1) is 8.98. The second-order valence-electron chi connectivity index (χ2n) is 5.06. The van der Waals surface area contributed by atoms with Gasteiger partial charge in [0, 0.05) is 11.7 Å². The molecule has 1 saturated carbocycles. The summed E-state index contributed by atoms with van der Waals surface area (Å²) in [6.45, 7) is 2.22. The molecule has 0 radical (unpaired) electrons. The fraction of sp³-hybridized carbons (Fsp3) is 0.462. The Morgan fingerprint density at radius 3 is 2.79 bits per heavy atom. The number of carboxylic acids is 1. The van der Waals surface area contributed by atoms with Crippen molar-refractivity contribution in [3.8, 4) is 0 Å². The van der Waals surface area contributed by atoms with Gasteiger partial charge in [-0.05, 0) is 38.3 Å². The lowest BCUT2D eigenvalue weighted by atomic mass is 9.79. The minimum absolute atomic E-state index is 0.0968. The van der Waals surface area contributed by atoms with Crippen molar-refractivity contribution in [2.24, 2.45) is 0 Å². The SMILES string of the molecule is CC1(NC(=O)NCc2cc(C(=O)O)ccn2)CCC1. The summed E-state index contributed by atoms with van der Waals surface area (Å²) in [5.74, 6) is -1.00. The number of aromatic nitrogens is 1. The Hall–Kier alpha value is -2.11. The number of carboxylic acid groups (broad SMARTS) is 1. The molecule has 102 valence electrons. The van der Waals surface area contributed by atoms with Gasteiger partial charge in [-0.1, -0.05) is 0 Å². The van der Waals surface area contributed by atoms with Crippen LogP contribution in [0.5, 0.6) is 0 Å². The number of nitrogens with zero attached hydrogens (tertiary/aromatic N) is 1. The molecule has 0 bridgehead atoms. The van der Waals surface area contributed by atoms with E-state index in [0.717, 1.165) is 19.3 Å². The molecule has 1 aliphatic carbocycles. The van der Waals surface area contributed by atoms with Crippen LogP contribution in [0.1, 0.15) is 42.2 Å². The number of aromatic carboxylic acids is 1. The van der Waals surface area contributed by atoms with E-state index in [-0.39, 0.29) is 23.7 Å². The zero-order chi connectivity index (χ0) is 13.9. The Morgan fingerprint density at radius 1 is 1.47 bits per heavy atom. The molecule has 0 saturated heterocycles. The monoisotopic (exact) mass is 263 g/mol. The van der Waals surface area contributed by atoms with Crippen LogP contribution in [0.25, 0.3) is 0 Å². The van der Waals surface area contributed by atoms with Crippen LogP contribution in [-0.2, 0) is 6.54 Å². The average Bonchev–Trinajstić information content (AvgIpc) is 2.35. The van der Waals surface area contributed by atoms with Gasteiger partial charge in [0.25, 0.3) is 0 Å². The van der Waals surface area contributed by atoms with Crippen molar-refractivity contribution in [3.63, 3.8) is 0 Å². The van der Waals surface area contributed by atoms with E-state index in [0.29, 0.717) is 5.69 Å². The van der Waals surface area contributed by atoms with Crippen LogP contribution in [-0.4, -0.2) is 27.6 Å². The molecule has 2 rings (SSSR count). The first-order valence-electron chi connectivity index (χ1n) is 6.23. The molecule has 1 aliphatic rings. The van der Waals surface area contributed by atoms with Gasteiger partial charge in [0.05, 0.1) is 17.8 Å². The lowest BCUT2D eigenvalue weighted by Crippen LogP contribution is -2.54. The number of hydrogen-bond acceptors (Lipinski definition) is 3. The summed E-state index contributed by atoms with van der Waals surface area (Å²) in [6, 6.07) is 2.62. The lowest BCUT2D eigenvalue weighted by molar-refractivity contribution is 0.0696. The van der Waals surface area contributed by atoms with Gasteiger partial charge >= 0.3 is 12.0 Å². The van der Waals surface area contributed by atoms with Gasteiger partial charge < -0.3 is 15.7 Å². The largest absolute Gasteiger partial charge is 0.478 e. The number of pyridine rings is 1. The average molecular weight is 263 g/mol. The van der Waals surface area contributed by atoms with Crippen molar-refractivity contribution in [1.82, 2.24) is 15.6 Å². The van der Waals surface area contributed by atoms with E-state index in [1.54, 1.807) is 0 Å². The highest BCUT2D eigenvalue weighted by Gasteiger charge is 2.32. The summed E-state index contributed by atoms with van der Waals surface area (Å²) in [5.41, 5.74) is 0.590. The summed E-state index contributed by atoms with van der Waals surface area (Å²) >= 11 is 0. The quantitative estimate of drug-likeness (QED) is 0.768. The number of nitrogens with one attached hydrogen (secondary N) is 2. The molecule has 2 amide bonds. The number of carbonyl (C=O) groups excluding carboxylic acids is 1. The van der Waals surface area contributed by atoms with Crippen LogP contribution in [0.4, 0.5) is 4.79 Å². The van der Waals surface area contributed by atoms with Gasteiger partial charge in [0.2, 0.25) is 0 Å². The maximum absolute atomic E-state index is 11.7. The normalized spacial score (nSPS) is 16.3. The first kappa shape index (κ1) is 13.3. The second kappa shape index (κ2) is 5.26. The van der Waals surface area contributed by atoms with Crippen LogP contribution in [0.3, 0.4) is 0 Å². The molecule has 1 aromatic rings. The van der Waals surface area contributed by atoms with Crippen molar-refractivity contribution in [2.45, 2.75) is 38.3 Å². The molecule has 0 unspecified atom stereocenters. The molecule has 6 nitrogen and oxygen atoms in total. The van der Waals surface area contributed by atoms with Crippen molar-refractivity contribution >= 4 is 12.0 Å². The number of carbonyl (C=O) groups is 2. The summed E-state index contributed by atoms with van der Waals surface area (Å²) < 4.78 is 0. The van der Waals surface area contributed by atoms with Crippen LogP contribution >= 0.6 is 0 Å². The molecule has 0 aliphatic heterocycles. The van der Waals surface area contributed by atoms with E-state index in [4.69, 9.17) is 5.11 Å². The fourth-order valence-electron chi connectivity index (χ4n) is 2.03. The highest BCUT2D eigenvalue weighted by Crippen LogP contribution is 2.30. The first-order valence-corrected chi connectivity index (χ1v) is 6.23. The third kappa shape index (κ3) is 3.43. The van der Waals surface area contributed by atoms with Gasteiger partial charge in [-0.2, -0.15) is 0 Å². The van der Waals surface area contributed by atoms with Crippen LogP contribution in [0.2, 0.25) is 0 Å². The Morgan fingerprint density at radius 2 is 2.21 bits per heavy atom. The van der Waals surface area contributed by atoms with E-state index in [1.165, 1.54) is 18.3 Å². The summed E-state index contributed by atoms with van der Waals surface area (Å²) in [4.78, 5) is 26.5. The molecule has 0 atom stereocenters. The zero-order valence-corrected chi connectivity index (χ0v) is 10.8. The van der Waals surface area contributed by atoms with Crippen molar-refractivity contribution in [3.05, 3.63) is 29.6 Å². The van der Waals surface area contributed by atoms with E-state index < -0.39 is 5.97 Å². The van der Waals surface area contributed by atoms with Gasteiger partial charge in [0.15, 0.2) is 0 Å². The minimum atomic E-state index is -1.00. The molecule has 0 aromatic carbocycles. The Labute approximate surface area is 111 Å². The Balaban J connectivity index is 1.86. The number of urea groups is 1. The number of amides is 2. The Kier molecular flexibility index (Phi) is 3.69. The third-order valence-electron chi connectivity index (χ3n) is 3.37. The smallest absolute Gasteiger partial charge is 0.335 e. The summed E-state index contributed by atoms with van der Waals surface area (Å²) in [5, 5.41) is 14.4. The van der Waals surface area contributed by atoms with Gasteiger partial charge in [-0.3, -0.25) is 4.98 Å². The molecular weight excluding hydrogens is 246 g/mol. The van der Waals surface area contributed by atoms with Gasteiger partial charge in [0.1, 0.15) is 0 Å². The van der Waals surface area contributed by atoms with Crippen LogP contribution in [0.15, 0.2) is 18.3 Å². The molecule has 1 aromatic heterocycles. The summed E-state index contributed by atoms with van der Waals surface area (Å²) in [6.07, 6.45) is 4.55. The zero-order valence-electron chi connectivity index (χ0n) is 10.8. The van der Waals surface area contributed by atoms with Crippen LogP contribution < -0.4 is 10.6 Å². The predicted molar refractivity (Wildman–Crippen MR) is 68.8 cm³/mol. The molecule has 3 N–H and O–H groups in total. The molecule has 19 heavy (non-hydrogen) atoms. The standard InChI is InChI=1S/C13H17N3O3/c1-13(4-2-5-13)16-12(19)15-8-10-7-9(11(17)18)3-6-14-10/h3,6-7H,2,4-5,8H2,1H3,(H,17,18)(H2,15,16,19). The maximum Gasteiger partial charge on any atom is 0.335 e. The van der Waals surface area contributed by atoms with Crippen molar-refractivity contribution < 1.29 is 14.7 Å². The third-order valence-corrected chi connectivity index (χ3v) is 3.37. The molecule has 1 fully saturated rings. The molecular formula is C13H17N3O3. The fourth-order valence-corrected chi connectivity index (χ4v) is 2.03. The highest BCUT2D eigenvalue weighted by atomic mass is 16.4. The van der Waals surface area contributed by atoms with E-state index in [9.17, 15) is 9.59 Å². The van der Waals surface area contributed by atoms with E-state index >= 15 is 0 Å². The lowest BCUT2D eigenvalue weighted by Gasteiger charge is -2.38. The number of rotatable bonds is 4. The summed E-state index contributed by atoms with van der Waals surface area (Å²) in [7, 11) is 0. The maximum atomic E-state index is 11.7.